The van der Waals surface area contributed by atoms with Gasteiger partial charge in [-0.05, 0) is 62.7 Å². The summed E-state index contributed by atoms with van der Waals surface area (Å²) in [4.78, 5) is 0. The maximum Gasteiger partial charge on any atom is 0.0788 e. The summed E-state index contributed by atoms with van der Waals surface area (Å²) in [6.45, 7) is 13.7. The van der Waals surface area contributed by atoms with Crippen LogP contribution in [0.5, 0.6) is 0 Å². The normalized spacial score (nSPS) is 15.4. The molecule has 0 amide bonds. The van der Waals surface area contributed by atoms with Gasteiger partial charge in [-0.2, -0.15) is 0 Å². The van der Waals surface area contributed by atoms with E-state index in [0.29, 0.717) is 36.8 Å². The minimum absolute atomic E-state index is 0. The van der Waals surface area contributed by atoms with Crippen LogP contribution in [0.4, 0.5) is 0 Å². The summed E-state index contributed by atoms with van der Waals surface area (Å²) in [6, 6.07) is 0. The first-order valence-electron chi connectivity index (χ1n) is 10.5. The average Bonchev–Trinajstić information content (AvgIpc) is 2.62. The molecule has 0 aliphatic carbocycles. The number of rotatable bonds is 17. The van der Waals surface area contributed by atoms with Gasteiger partial charge in [0, 0.05) is 13.1 Å². The van der Waals surface area contributed by atoms with E-state index in [9.17, 15) is 5.11 Å². The Morgan fingerprint density at radius 1 is 0.655 bits per heavy atom. The first-order chi connectivity index (χ1) is 12.0. The molecular formula is C24H62N4O. The van der Waals surface area contributed by atoms with E-state index in [0.717, 1.165) is 51.9 Å². The fourth-order valence-corrected chi connectivity index (χ4v) is 3.40. The highest BCUT2D eigenvalue weighted by Gasteiger charge is 2.14. The van der Waals surface area contributed by atoms with E-state index in [1.165, 1.54) is 6.42 Å². The van der Waals surface area contributed by atoms with Crippen molar-refractivity contribution in [3.8, 4) is 0 Å². The summed E-state index contributed by atoms with van der Waals surface area (Å²) in [5.41, 5.74) is 11.6. The highest BCUT2D eigenvalue weighted by molar-refractivity contribution is 4.71. The second kappa shape index (κ2) is 25.8. The van der Waals surface area contributed by atoms with Crippen molar-refractivity contribution in [2.45, 2.75) is 95.6 Å². The van der Waals surface area contributed by atoms with E-state index in [-0.39, 0.29) is 35.8 Å². The molecule has 0 bridgehead atoms. The third kappa shape index (κ3) is 20.8. The van der Waals surface area contributed by atoms with Gasteiger partial charge in [0.15, 0.2) is 0 Å². The van der Waals surface area contributed by atoms with E-state index >= 15 is 0 Å². The zero-order valence-corrected chi connectivity index (χ0v) is 17.3. The van der Waals surface area contributed by atoms with Crippen LogP contribution in [0.2, 0.25) is 0 Å². The lowest BCUT2D eigenvalue weighted by Gasteiger charge is -2.22. The summed E-state index contributed by atoms with van der Waals surface area (Å²) in [5, 5.41) is 17.0. The van der Waals surface area contributed by atoms with E-state index < -0.39 is 0 Å². The standard InChI is InChI=1S/C20H46N4O.4CH4/c1-5-17(10-21)8-16(4)12-23-14-20(25)15-24-13-19(7-3)9-18(6-2)11-22;;;;/h16-20,23-25H,5-15,21-22H2,1-4H3;4*1H4. The molecule has 0 fully saturated rings. The molecule has 0 rings (SSSR count). The Kier molecular flexibility index (Phi) is 35.0. The quantitative estimate of drug-likeness (QED) is 0.238. The zero-order chi connectivity index (χ0) is 19.1. The van der Waals surface area contributed by atoms with Crippen LogP contribution in [0.3, 0.4) is 0 Å². The van der Waals surface area contributed by atoms with E-state index in [4.69, 9.17) is 11.5 Å². The van der Waals surface area contributed by atoms with Crippen LogP contribution in [-0.4, -0.2) is 50.5 Å². The molecule has 0 aliphatic rings. The van der Waals surface area contributed by atoms with Crippen LogP contribution in [0.15, 0.2) is 0 Å². The van der Waals surface area contributed by atoms with Gasteiger partial charge in [0.05, 0.1) is 6.10 Å². The molecule has 0 aromatic heterocycles. The van der Waals surface area contributed by atoms with Gasteiger partial charge < -0.3 is 27.2 Å². The Morgan fingerprint density at radius 3 is 1.48 bits per heavy atom. The molecule has 0 radical (unpaired) electrons. The Hall–Kier alpha value is -0.200. The van der Waals surface area contributed by atoms with Crippen LogP contribution in [-0.2, 0) is 0 Å². The highest BCUT2D eigenvalue weighted by atomic mass is 16.3. The number of hydrogen-bond acceptors (Lipinski definition) is 5. The first-order valence-corrected chi connectivity index (χ1v) is 10.5. The molecule has 5 atom stereocenters. The first kappa shape index (κ1) is 39.3. The van der Waals surface area contributed by atoms with Gasteiger partial charge in [0.1, 0.15) is 0 Å². The summed E-state index contributed by atoms with van der Waals surface area (Å²) < 4.78 is 0. The molecule has 0 aromatic rings. The maximum absolute atomic E-state index is 10.1. The monoisotopic (exact) mass is 422 g/mol. The molecule has 0 saturated carbocycles. The third-order valence-corrected chi connectivity index (χ3v) is 5.49. The lowest BCUT2D eigenvalue weighted by Crippen LogP contribution is -2.39. The molecule has 29 heavy (non-hydrogen) atoms. The van der Waals surface area contributed by atoms with Crippen molar-refractivity contribution in [3.05, 3.63) is 0 Å². The van der Waals surface area contributed by atoms with Crippen molar-refractivity contribution in [3.63, 3.8) is 0 Å². The predicted molar refractivity (Wildman–Crippen MR) is 137 cm³/mol. The van der Waals surface area contributed by atoms with Gasteiger partial charge in [-0.25, -0.2) is 0 Å². The minimum Gasteiger partial charge on any atom is -0.390 e. The van der Waals surface area contributed by atoms with E-state index in [1.54, 1.807) is 0 Å². The van der Waals surface area contributed by atoms with Gasteiger partial charge in [-0.15, -0.1) is 0 Å². The van der Waals surface area contributed by atoms with Crippen LogP contribution in [0.1, 0.15) is 89.5 Å². The zero-order valence-electron chi connectivity index (χ0n) is 17.3. The fraction of sp³-hybridized carbons (Fsp3) is 1.00. The van der Waals surface area contributed by atoms with Crippen LogP contribution in [0.25, 0.3) is 0 Å². The Labute approximate surface area is 186 Å². The molecule has 5 nitrogen and oxygen atoms in total. The van der Waals surface area contributed by atoms with Crippen LogP contribution < -0.4 is 22.1 Å². The molecule has 0 heterocycles. The van der Waals surface area contributed by atoms with Gasteiger partial charge >= 0.3 is 0 Å². The summed E-state index contributed by atoms with van der Waals surface area (Å²) >= 11 is 0. The van der Waals surface area contributed by atoms with Crippen molar-refractivity contribution in [2.75, 3.05) is 39.3 Å². The van der Waals surface area contributed by atoms with E-state index in [1.807, 2.05) is 0 Å². The molecule has 0 aromatic carbocycles. The smallest absolute Gasteiger partial charge is 0.0788 e. The van der Waals surface area contributed by atoms with Gasteiger partial charge in [-0.1, -0.05) is 76.7 Å². The van der Waals surface area contributed by atoms with Gasteiger partial charge in [-0.3, -0.25) is 0 Å². The molecular weight excluding hydrogens is 360 g/mol. The molecule has 0 aliphatic heterocycles. The summed E-state index contributed by atoms with van der Waals surface area (Å²) in [5.74, 6) is 2.49. The molecule has 0 spiro atoms. The number of nitrogens with one attached hydrogen (secondary N) is 2. The second-order valence-electron chi connectivity index (χ2n) is 7.84. The van der Waals surface area contributed by atoms with Crippen molar-refractivity contribution in [1.82, 2.24) is 10.6 Å². The largest absolute Gasteiger partial charge is 0.390 e. The average molecular weight is 423 g/mol. The highest BCUT2D eigenvalue weighted by Crippen LogP contribution is 2.17. The lowest BCUT2D eigenvalue weighted by molar-refractivity contribution is 0.163. The SMILES string of the molecule is C.C.C.C.CCC(CN)CC(C)CNCC(O)CNCC(CC)CC(CC)CN. The molecule has 5 unspecified atom stereocenters. The van der Waals surface area contributed by atoms with Gasteiger partial charge in [0.2, 0.25) is 0 Å². The van der Waals surface area contributed by atoms with Crippen LogP contribution in [0, 0.1) is 23.7 Å². The lowest BCUT2D eigenvalue weighted by atomic mass is 9.91. The van der Waals surface area contributed by atoms with E-state index in [2.05, 4.69) is 38.3 Å². The second-order valence-corrected chi connectivity index (χ2v) is 7.84. The summed E-state index contributed by atoms with van der Waals surface area (Å²) in [6.07, 6.45) is 5.47. The number of aliphatic hydroxyl groups is 1. The third-order valence-electron chi connectivity index (χ3n) is 5.49. The topological polar surface area (TPSA) is 96.3 Å². The van der Waals surface area contributed by atoms with Crippen LogP contribution >= 0.6 is 0 Å². The Balaban J connectivity index is -0.000000480. The molecule has 0 saturated heterocycles. The molecule has 184 valence electrons. The summed E-state index contributed by atoms with van der Waals surface area (Å²) in [7, 11) is 0. The van der Waals surface area contributed by atoms with Crippen molar-refractivity contribution < 1.29 is 5.11 Å². The number of nitrogens with two attached hydrogens (primary N) is 2. The fourth-order valence-electron chi connectivity index (χ4n) is 3.40. The molecule has 7 N–H and O–H groups in total. The molecule has 5 heteroatoms. The van der Waals surface area contributed by atoms with Crippen molar-refractivity contribution >= 4 is 0 Å². The van der Waals surface area contributed by atoms with Gasteiger partial charge in [0.25, 0.3) is 0 Å². The predicted octanol–water partition coefficient (Wildman–Crippen LogP) is 4.48. The van der Waals surface area contributed by atoms with Crippen molar-refractivity contribution in [2.24, 2.45) is 35.1 Å². The van der Waals surface area contributed by atoms with Crippen molar-refractivity contribution in [1.29, 1.82) is 0 Å². The number of hydrogen-bond donors (Lipinski definition) is 5. The number of aliphatic hydroxyl groups excluding tert-OH is 1. The Morgan fingerprint density at radius 2 is 1.07 bits per heavy atom. The maximum atomic E-state index is 10.1. The minimum atomic E-state index is -0.335. The Bertz CT molecular complexity index is 284.